The third kappa shape index (κ3) is 2.14. The van der Waals surface area contributed by atoms with Crippen LogP contribution in [0.2, 0.25) is 0 Å². The lowest BCUT2D eigenvalue weighted by molar-refractivity contribution is 0.626. The highest BCUT2D eigenvalue weighted by molar-refractivity contribution is 5.98. The third-order valence-electron chi connectivity index (χ3n) is 3.47. The quantitative estimate of drug-likeness (QED) is 0.802. The smallest absolute Gasteiger partial charge is 0.163 e. The second-order valence-corrected chi connectivity index (χ2v) is 5.09. The first-order valence-electron chi connectivity index (χ1n) is 6.76. The molecule has 6 nitrogen and oxygen atoms in total. The Bertz CT molecular complexity index is 839. The monoisotopic (exact) mass is 299 g/mol. The molecule has 0 spiro atoms. The van der Waals surface area contributed by atoms with Crippen LogP contribution in [0.1, 0.15) is 0 Å². The van der Waals surface area contributed by atoms with Crippen LogP contribution in [0.3, 0.4) is 0 Å². The van der Waals surface area contributed by atoms with Crippen molar-refractivity contribution in [2.75, 3.05) is 24.7 Å². The van der Waals surface area contributed by atoms with Crippen molar-refractivity contribution in [2.24, 2.45) is 0 Å². The van der Waals surface area contributed by atoms with E-state index >= 15 is 0 Å². The summed E-state index contributed by atoms with van der Waals surface area (Å²) in [6.45, 7) is 4.21. The number of aromatic nitrogens is 4. The molecule has 1 radical (unpaired) electrons. The fourth-order valence-corrected chi connectivity index (χ4v) is 2.41. The molecule has 2 N–H and O–H groups in total. The molecule has 1 aromatic carbocycles. The van der Waals surface area contributed by atoms with Crippen LogP contribution in [0.5, 0.6) is 0 Å². The van der Waals surface area contributed by atoms with Crippen LogP contribution >= 0.6 is 0 Å². The second-order valence-electron chi connectivity index (χ2n) is 5.09. The molecule has 0 saturated carbocycles. The molecule has 0 fully saturated rings. The molecular weight excluding hydrogens is 283 g/mol. The zero-order valence-electron chi connectivity index (χ0n) is 12.4. The summed E-state index contributed by atoms with van der Waals surface area (Å²) in [4.78, 5) is 9.91. The van der Waals surface area contributed by atoms with Gasteiger partial charge in [-0.3, -0.25) is 0 Å². The van der Waals surface area contributed by atoms with Crippen molar-refractivity contribution in [1.82, 2.24) is 19.7 Å². The molecule has 0 aliphatic heterocycles. The maximum Gasteiger partial charge on any atom is 0.163 e. The highest BCUT2D eigenvalue weighted by atomic mass is 19.1. The van der Waals surface area contributed by atoms with Crippen LogP contribution in [-0.4, -0.2) is 33.8 Å². The number of halogens is 1. The van der Waals surface area contributed by atoms with E-state index in [1.165, 1.54) is 12.4 Å². The van der Waals surface area contributed by atoms with Gasteiger partial charge in [-0.05, 0) is 19.1 Å². The van der Waals surface area contributed by atoms with Gasteiger partial charge in [0.1, 0.15) is 23.7 Å². The van der Waals surface area contributed by atoms with E-state index in [-0.39, 0.29) is 5.82 Å². The van der Waals surface area contributed by atoms with E-state index in [9.17, 15) is 4.39 Å². The summed E-state index contributed by atoms with van der Waals surface area (Å²) in [5.74, 6) is -0.00737. The highest BCUT2D eigenvalue weighted by Crippen LogP contribution is 2.32. The summed E-state index contributed by atoms with van der Waals surface area (Å²) in [6, 6.07) is 4.96. The Morgan fingerprint density at radius 2 is 2.09 bits per heavy atom. The molecule has 0 unspecified atom stereocenters. The van der Waals surface area contributed by atoms with Crippen LogP contribution in [0.15, 0.2) is 24.5 Å². The predicted molar refractivity (Wildman–Crippen MR) is 84.8 cm³/mol. The van der Waals surface area contributed by atoms with Crippen molar-refractivity contribution in [3.8, 4) is 11.3 Å². The van der Waals surface area contributed by atoms with E-state index in [4.69, 9.17) is 5.73 Å². The van der Waals surface area contributed by atoms with E-state index in [0.717, 1.165) is 0 Å². The summed E-state index contributed by atoms with van der Waals surface area (Å²) in [6.07, 6.45) is 1.38. The van der Waals surface area contributed by atoms with Gasteiger partial charge < -0.3 is 10.6 Å². The van der Waals surface area contributed by atoms with Crippen molar-refractivity contribution in [3.05, 3.63) is 37.3 Å². The maximum atomic E-state index is 14.2. The van der Waals surface area contributed by atoms with Crippen molar-refractivity contribution in [2.45, 2.75) is 6.54 Å². The number of rotatable bonds is 3. The summed E-state index contributed by atoms with van der Waals surface area (Å²) >= 11 is 0. The SMILES string of the molecule is [CH2]Cn1nc(-c2ccc(N(C)C)c(F)c2)c2c(N)ncnc21. The van der Waals surface area contributed by atoms with E-state index in [1.54, 1.807) is 35.8 Å². The third-order valence-corrected chi connectivity index (χ3v) is 3.47. The lowest BCUT2D eigenvalue weighted by Crippen LogP contribution is -2.10. The molecule has 22 heavy (non-hydrogen) atoms. The second kappa shape index (κ2) is 5.25. The molecule has 0 amide bonds. The van der Waals surface area contributed by atoms with Gasteiger partial charge in [-0.2, -0.15) is 5.10 Å². The molecule has 2 aromatic heterocycles. The Labute approximate surface area is 127 Å². The van der Waals surface area contributed by atoms with E-state index in [1.807, 2.05) is 0 Å². The molecule has 0 bridgehead atoms. The fourth-order valence-electron chi connectivity index (χ4n) is 2.41. The van der Waals surface area contributed by atoms with Gasteiger partial charge in [-0.25, -0.2) is 19.0 Å². The van der Waals surface area contributed by atoms with Gasteiger partial charge in [-0.15, -0.1) is 0 Å². The molecule has 3 rings (SSSR count). The van der Waals surface area contributed by atoms with E-state index in [0.29, 0.717) is 40.3 Å². The van der Waals surface area contributed by atoms with Crippen LogP contribution in [0, 0.1) is 12.7 Å². The average molecular weight is 299 g/mol. The van der Waals surface area contributed by atoms with Crippen LogP contribution in [0.4, 0.5) is 15.9 Å². The molecule has 0 atom stereocenters. The number of nitrogen functional groups attached to an aromatic ring is 1. The zero-order chi connectivity index (χ0) is 15.9. The molecule has 7 heteroatoms. The van der Waals surface area contributed by atoms with Crippen LogP contribution in [0.25, 0.3) is 22.3 Å². The number of nitrogens with two attached hydrogens (primary N) is 1. The Balaban J connectivity index is 2.24. The summed E-state index contributed by atoms with van der Waals surface area (Å²) in [7, 11) is 3.58. The minimum Gasteiger partial charge on any atom is -0.383 e. The Hall–Kier alpha value is -2.70. The average Bonchev–Trinajstić information content (AvgIpc) is 2.87. The molecule has 0 saturated heterocycles. The van der Waals surface area contributed by atoms with Gasteiger partial charge in [0.05, 0.1) is 11.1 Å². The standard InChI is InChI=1S/C15H16FN6/c1-4-22-15-12(14(17)18-8-19-15)13(20-22)9-5-6-11(21(2)3)10(16)7-9/h5-8H,1,4H2,2-3H3,(H2,17,18,19). The number of fused-ring (bicyclic) bond motifs is 1. The molecule has 113 valence electrons. The van der Waals surface area contributed by atoms with Crippen LogP contribution in [-0.2, 0) is 6.54 Å². The molecule has 2 heterocycles. The number of hydrogen-bond donors (Lipinski definition) is 1. The van der Waals surface area contributed by atoms with Crippen molar-refractivity contribution < 1.29 is 4.39 Å². The number of anilines is 2. The lowest BCUT2D eigenvalue weighted by atomic mass is 10.1. The molecule has 3 aromatic rings. The lowest BCUT2D eigenvalue weighted by Gasteiger charge is -2.13. The number of hydrogen-bond acceptors (Lipinski definition) is 5. The summed E-state index contributed by atoms with van der Waals surface area (Å²) < 4.78 is 15.9. The number of nitrogens with zero attached hydrogens (tertiary/aromatic N) is 5. The van der Waals surface area contributed by atoms with Gasteiger partial charge >= 0.3 is 0 Å². The van der Waals surface area contributed by atoms with Crippen molar-refractivity contribution in [3.63, 3.8) is 0 Å². The Morgan fingerprint density at radius 1 is 1.32 bits per heavy atom. The molecular formula is C15H16FN6. The first-order valence-corrected chi connectivity index (χ1v) is 6.76. The van der Waals surface area contributed by atoms with Gasteiger partial charge in [0.25, 0.3) is 0 Å². The maximum absolute atomic E-state index is 14.2. The number of benzene rings is 1. The molecule has 0 aliphatic carbocycles. The normalized spacial score (nSPS) is 11.1. The van der Waals surface area contributed by atoms with Gasteiger partial charge in [0.15, 0.2) is 5.65 Å². The zero-order valence-corrected chi connectivity index (χ0v) is 12.4. The first kappa shape index (κ1) is 14.2. The Kier molecular flexibility index (Phi) is 3.40. The fraction of sp³-hybridized carbons (Fsp3) is 0.200. The minimum atomic E-state index is -0.324. The minimum absolute atomic E-state index is 0.316. The van der Waals surface area contributed by atoms with Crippen molar-refractivity contribution >= 4 is 22.5 Å². The largest absolute Gasteiger partial charge is 0.383 e. The predicted octanol–water partition coefficient (Wildman–Crippen LogP) is 2.11. The van der Waals surface area contributed by atoms with E-state index in [2.05, 4.69) is 22.0 Å². The Morgan fingerprint density at radius 3 is 2.73 bits per heavy atom. The highest BCUT2D eigenvalue weighted by Gasteiger charge is 2.17. The summed E-state index contributed by atoms with van der Waals surface area (Å²) in [5.41, 5.74) is 8.24. The molecule has 0 aliphatic rings. The van der Waals surface area contributed by atoms with E-state index < -0.39 is 0 Å². The summed E-state index contributed by atoms with van der Waals surface area (Å²) in [5, 5.41) is 5.06. The topological polar surface area (TPSA) is 72.9 Å². The van der Waals surface area contributed by atoms with Gasteiger partial charge in [-0.1, -0.05) is 6.07 Å². The first-order chi connectivity index (χ1) is 10.5. The van der Waals surface area contributed by atoms with Crippen molar-refractivity contribution in [1.29, 1.82) is 0 Å². The van der Waals surface area contributed by atoms with Crippen LogP contribution < -0.4 is 10.6 Å². The van der Waals surface area contributed by atoms with Gasteiger partial charge in [0.2, 0.25) is 0 Å². The van der Waals surface area contributed by atoms with Gasteiger partial charge in [0, 0.05) is 26.2 Å².